The van der Waals surface area contributed by atoms with Crippen molar-refractivity contribution in [1.82, 2.24) is 24.8 Å². The lowest BCUT2D eigenvalue weighted by Gasteiger charge is -2.41. The van der Waals surface area contributed by atoms with E-state index in [1.165, 1.54) is 28.9 Å². The van der Waals surface area contributed by atoms with Crippen molar-refractivity contribution in [3.63, 3.8) is 0 Å². The first-order valence-electron chi connectivity index (χ1n) is 15.9. The average Bonchev–Trinajstić information content (AvgIpc) is 3.76. The summed E-state index contributed by atoms with van der Waals surface area (Å²) in [5.74, 6) is -0.978. The van der Waals surface area contributed by atoms with Crippen molar-refractivity contribution in [2.75, 3.05) is 44.7 Å². The topological polar surface area (TPSA) is 98.5 Å². The predicted molar refractivity (Wildman–Crippen MR) is 166 cm³/mol. The number of anilines is 1. The van der Waals surface area contributed by atoms with Gasteiger partial charge in [-0.15, -0.1) is 0 Å². The summed E-state index contributed by atoms with van der Waals surface area (Å²) in [7, 11) is 2.06. The first-order valence-corrected chi connectivity index (χ1v) is 15.9. The first-order chi connectivity index (χ1) is 21.8. The summed E-state index contributed by atoms with van der Waals surface area (Å²) in [5.41, 5.74) is 3.71. The minimum atomic E-state index is -1.07. The maximum Gasteiger partial charge on any atom is 0.319 e. The fourth-order valence-corrected chi connectivity index (χ4v) is 8.01. The smallest absolute Gasteiger partial charge is 0.319 e. The van der Waals surface area contributed by atoms with Crippen LogP contribution in [0.15, 0.2) is 36.8 Å². The van der Waals surface area contributed by atoms with Gasteiger partial charge in [0.05, 0.1) is 23.9 Å². The third-order valence-corrected chi connectivity index (χ3v) is 10.3. The summed E-state index contributed by atoms with van der Waals surface area (Å²) in [6, 6.07) is 7.88. The van der Waals surface area contributed by atoms with E-state index in [0.717, 1.165) is 37.8 Å². The second-order valence-electron chi connectivity index (χ2n) is 12.8. The number of fused-ring (bicyclic) bond motifs is 4. The quantitative estimate of drug-likeness (QED) is 0.337. The van der Waals surface area contributed by atoms with Crippen molar-refractivity contribution in [2.45, 2.75) is 62.9 Å². The number of nitriles is 1. The molecule has 45 heavy (non-hydrogen) atoms. The molecule has 0 bridgehead atoms. The molecular weight excluding hydrogens is 576 g/mol. The zero-order valence-corrected chi connectivity index (χ0v) is 25.5. The van der Waals surface area contributed by atoms with Crippen LogP contribution in [0.5, 0.6) is 6.01 Å². The molecule has 2 aliphatic heterocycles. The van der Waals surface area contributed by atoms with E-state index in [4.69, 9.17) is 9.72 Å². The first kappa shape index (κ1) is 29.5. The van der Waals surface area contributed by atoms with Crippen LogP contribution in [-0.2, 0) is 11.2 Å². The largest absolute Gasteiger partial charge is 0.462 e. The van der Waals surface area contributed by atoms with E-state index >= 15 is 4.39 Å². The number of rotatable bonds is 7. The van der Waals surface area contributed by atoms with Crippen molar-refractivity contribution in [3.05, 3.63) is 53.7 Å². The maximum absolute atomic E-state index is 16.8. The highest BCUT2D eigenvalue weighted by molar-refractivity contribution is 5.93. The molecule has 1 aromatic carbocycles. The Balaban J connectivity index is 1.30. The molecular formula is C34H37F2N7O2. The van der Waals surface area contributed by atoms with Gasteiger partial charge in [-0.2, -0.15) is 15.2 Å². The molecule has 4 heterocycles. The zero-order chi connectivity index (χ0) is 31.2. The van der Waals surface area contributed by atoms with Gasteiger partial charge in [0, 0.05) is 37.4 Å². The number of pyridine rings is 1. The number of halogens is 2. The fourth-order valence-electron chi connectivity index (χ4n) is 8.01. The van der Waals surface area contributed by atoms with Crippen molar-refractivity contribution in [3.8, 4) is 23.3 Å². The Labute approximate surface area is 261 Å². The summed E-state index contributed by atoms with van der Waals surface area (Å²) in [6.07, 6.45) is 8.21. The van der Waals surface area contributed by atoms with Crippen molar-refractivity contribution < 1.29 is 18.3 Å². The molecule has 2 saturated heterocycles. The van der Waals surface area contributed by atoms with Crippen LogP contribution in [0.4, 0.5) is 14.6 Å². The van der Waals surface area contributed by atoms with Crippen LogP contribution in [0.1, 0.15) is 55.6 Å². The van der Waals surface area contributed by atoms with Crippen LogP contribution in [0.3, 0.4) is 0 Å². The van der Waals surface area contributed by atoms with Gasteiger partial charge in [0.25, 0.3) is 5.91 Å². The van der Waals surface area contributed by atoms with Gasteiger partial charge in [-0.3, -0.25) is 9.78 Å². The molecule has 0 N–H and O–H groups in total. The number of benzene rings is 1. The molecule has 4 aliphatic rings. The summed E-state index contributed by atoms with van der Waals surface area (Å²) in [4.78, 5) is 32.0. The van der Waals surface area contributed by atoms with Crippen LogP contribution in [0.25, 0.3) is 22.2 Å². The standard InChI is InChI=1S/C34H37F2N7O2/c1-20(35)33(44)43-15-14-42(18-23(43)11-12-37)32-27-17-38-30(26-10-4-7-22-16-21-6-3-9-25(21)28(22)26)29(36)31(27)39-34(40-32)45-19-24-8-5-13-41(24)2/h4,7,10,17,21,23-25H,1,3,5-6,8-9,11,13-16,18-19H2,2H3/t21?,23-,24-,25?/m0/s1. The van der Waals surface area contributed by atoms with Crippen molar-refractivity contribution in [1.29, 1.82) is 5.26 Å². The molecule has 1 amide bonds. The molecule has 2 unspecified atom stereocenters. The fraction of sp³-hybridized carbons (Fsp3) is 0.500. The number of piperazine rings is 1. The Bertz CT molecular complexity index is 1710. The lowest BCUT2D eigenvalue weighted by Crippen LogP contribution is -2.55. The second kappa shape index (κ2) is 12.0. The van der Waals surface area contributed by atoms with E-state index in [2.05, 4.69) is 40.6 Å². The van der Waals surface area contributed by atoms with Crippen LogP contribution in [0, 0.1) is 23.1 Å². The number of likely N-dealkylation sites (tertiary alicyclic amines) is 1. The minimum absolute atomic E-state index is 0.00601. The molecule has 1 saturated carbocycles. The predicted octanol–water partition coefficient (Wildman–Crippen LogP) is 5.16. The lowest BCUT2D eigenvalue weighted by atomic mass is 9.91. The van der Waals surface area contributed by atoms with E-state index in [9.17, 15) is 14.4 Å². The molecule has 7 rings (SSSR count). The highest BCUT2D eigenvalue weighted by Gasteiger charge is 2.39. The molecule has 3 aromatic rings. The Hall–Kier alpha value is -4.17. The number of carbonyl (C=O) groups excluding carboxylic acids is 1. The third kappa shape index (κ3) is 5.29. The van der Waals surface area contributed by atoms with Crippen LogP contribution < -0.4 is 9.64 Å². The van der Waals surface area contributed by atoms with Crippen LogP contribution in [-0.4, -0.2) is 82.6 Å². The Morgan fingerprint density at radius 2 is 2.02 bits per heavy atom. The van der Waals surface area contributed by atoms with E-state index in [1.807, 2.05) is 17.0 Å². The Kier molecular flexibility index (Phi) is 7.86. The SMILES string of the molecule is C=C(F)C(=O)N1CCN(c2nc(OC[C@@H]3CCCN3C)nc3c(F)c(-c4cccc5c4C4CCCC4C5)ncc23)C[C@@H]1CC#N. The van der Waals surface area contributed by atoms with Gasteiger partial charge in [-0.1, -0.05) is 31.2 Å². The highest BCUT2D eigenvalue weighted by Crippen LogP contribution is 2.51. The number of hydrogen-bond donors (Lipinski definition) is 0. The van der Waals surface area contributed by atoms with Gasteiger partial charge in [-0.25, -0.2) is 8.78 Å². The van der Waals surface area contributed by atoms with Gasteiger partial charge in [0.15, 0.2) is 11.6 Å². The second-order valence-corrected chi connectivity index (χ2v) is 12.8. The van der Waals surface area contributed by atoms with Gasteiger partial charge in [0.2, 0.25) is 0 Å². The number of hydrogen-bond acceptors (Lipinski definition) is 8. The van der Waals surface area contributed by atoms with E-state index < -0.39 is 23.6 Å². The Morgan fingerprint density at radius 1 is 1.16 bits per heavy atom. The normalized spacial score (nSPS) is 24.5. The van der Waals surface area contributed by atoms with Crippen LogP contribution in [0.2, 0.25) is 0 Å². The molecule has 0 spiro atoms. The summed E-state index contributed by atoms with van der Waals surface area (Å²) in [6.45, 7) is 5.14. The van der Waals surface area contributed by atoms with Crippen molar-refractivity contribution in [2.24, 2.45) is 5.92 Å². The Morgan fingerprint density at radius 3 is 2.80 bits per heavy atom. The number of aromatic nitrogens is 3. The minimum Gasteiger partial charge on any atom is -0.462 e. The maximum atomic E-state index is 16.8. The zero-order valence-electron chi connectivity index (χ0n) is 25.5. The molecule has 4 atom stereocenters. The number of likely N-dealkylation sites (N-methyl/N-ethyl adjacent to an activating group) is 1. The number of nitrogens with zero attached hydrogens (tertiary/aromatic N) is 7. The lowest BCUT2D eigenvalue weighted by molar-refractivity contribution is -0.131. The highest BCUT2D eigenvalue weighted by atomic mass is 19.1. The molecule has 0 radical (unpaired) electrons. The van der Waals surface area contributed by atoms with Gasteiger partial charge in [0.1, 0.15) is 23.6 Å². The third-order valence-electron chi connectivity index (χ3n) is 10.3. The summed E-state index contributed by atoms with van der Waals surface area (Å²) < 4.78 is 36.7. The summed E-state index contributed by atoms with van der Waals surface area (Å²) in [5, 5.41) is 9.91. The molecule has 234 valence electrons. The molecule has 2 aliphatic carbocycles. The van der Waals surface area contributed by atoms with Gasteiger partial charge >= 0.3 is 6.01 Å². The van der Waals surface area contributed by atoms with Crippen molar-refractivity contribution >= 4 is 22.6 Å². The van der Waals surface area contributed by atoms with E-state index in [0.29, 0.717) is 29.6 Å². The van der Waals surface area contributed by atoms with Crippen LogP contribution >= 0.6 is 0 Å². The molecule has 11 heteroatoms. The molecule has 3 fully saturated rings. The number of ether oxygens (including phenoxy) is 1. The summed E-state index contributed by atoms with van der Waals surface area (Å²) >= 11 is 0. The van der Waals surface area contributed by atoms with E-state index in [1.54, 1.807) is 6.20 Å². The molecule has 9 nitrogen and oxygen atoms in total. The number of amides is 1. The molecule has 2 aromatic heterocycles. The number of carbonyl (C=O) groups is 1. The average molecular weight is 614 g/mol. The van der Waals surface area contributed by atoms with Gasteiger partial charge < -0.3 is 19.4 Å². The van der Waals surface area contributed by atoms with Gasteiger partial charge in [-0.05, 0) is 68.7 Å². The van der Waals surface area contributed by atoms with E-state index in [-0.39, 0.29) is 49.3 Å². The monoisotopic (exact) mass is 613 g/mol.